The summed E-state index contributed by atoms with van der Waals surface area (Å²) in [7, 11) is 1.21. The maximum absolute atomic E-state index is 13.4. The Kier molecular flexibility index (Phi) is 4.65. The van der Waals surface area contributed by atoms with Crippen LogP contribution in [-0.4, -0.2) is 18.2 Å². The lowest BCUT2D eigenvalue weighted by Gasteiger charge is -2.19. The number of carbonyl (C=O) groups excluding carboxylic acids is 1. The molecule has 0 aliphatic carbocycles. The average molecular weight is 310 g/mol. The van der Waals surface area contributed by atoms with Gasteiger partial charge < -0.3 is 15.2 Å². The Morgan fingerprint density at radius 3 is 2.71 bits per heavy atom. The van der Waals surface area contributed by atoms with Gasteiger partial charge in [-0.05, 0) is 30.3 Å². The highest BCUT2D eigenvalue weighted by Crippen LogP contribution is 2.31. The number of phenolic OH excluding ortho intramolecular Hbond substituents is 1. The normalized spacial score (nSPS) is 11.8. The number of esters is 1. The molecule has 0 radical (unpaired) electrons. The van der Waals surface area contributed by atoms with Crippen LogP contribution in [0.1, 0.15) is 11.6 Å². The van der Waals surface area contributed by atoms with E-state index in [-0.39, 0.29) is 11.3 Å². The molecule has 2 aromatic carbocycles. The van der Waals surface area contributed by atoms with Crippen LogP contribution in [0.3, 0.4) is 0 Å². The lowest BCUT2D eigenvalue weighted by atomic mass is 10.0. The third-order valence-corrected chi connectivity index (χ3v) is 3.24. The molecule has 0 fully saturated rings. The van der Waals surface area contributed by atoms with Crippen LogP contribution in [0.15, 0.2) is 42.5 Å². The summed E-state index contributed by atoms with van der Waals surface area (Å²) in [4.78, 5) is 11.9. The van der Waals surface area contributed by atoms with Gasteiger partial charge in [-0.2, -0.15) is 0 Å². The largest absolute Gasteiger partial charge is 0.508 e. The monoisotopic (exact) mass is 309 g/mol. The predicted octanol–water partition coefficient (Wildman–Crippen LogP) is 3.51. The molecule has 1 unspecified atom stereocenters. The zero-order valence-electron chi connectivity index (χ0n) is 11.1. The van der Waals surface area contributed by atoms with Crippen molar-refractivity contribution in [3.05, 3.63) is 58.9 Å². The quantitative estimate of drug-likeness (QED) is 0.849. The zero-order valence-corrected chi connectivity index (χ0v) is 11.9. The number of hydrogen-bond acceptors (Lipinski definition) is 4. The molecule has 0 amide bonds. The molecule has 110 valence electrons. The number of benzene rings is 2. The van der Waals surface area contributed by atoms with Gasteiger partial charge in [-0.1, -0.05) is 23.7 Å². The molecule has 0 spiro atoms. The second-order valence-corrected chi connectivity index (χ2v) is 4.69. The number of aromatic hydroxyl groups is 1. The molecule has 2 aromatic rings. The summed E-state index contributed by atoms with van der Waals surface area (Å²) in [5.41, 5.74) is 0.542. The van der Waals surface area contributed by atoms with Crippen molar-refractivity contribution in [1.29, 1.82) is 0 Å². The van der Waals surface area contributed by atoms with E-state index in [2.05, 4.69) is 5.32 Å². The summed E-state index contributed by atoms with van der Waals surface area (Å²) < 4.78 is 18.1. The van der Waals surface area contributed by atoms with E-state index < -0.39 is 17.8 Å². The van der Waals surface area contributed by atoms with E-state index in [0.717, 1.165) is 12.1 Å². The molecule has 4 nitrogen and oxygen atoms in total. The van der Waals surface area contributed by atoms with Crippen molar-refractivity contribution in [2.45, 2.75) is 6.04 Å². The van der Waals surface area contributed by atoms with E-state index in [4.69, 9.17) is 16.3 Å². The van der Waals surface area contributed by atoms with Gasteiger partial charge in [0.1, 0.15) is 11.6 Å². The van der Waals surface area contributed by atoms with Crippen LogP contribution in [0.5, 0.6) is 5.75 Å². The first-order valence-corrected chi connectivity index (χ1v) is 6.48. The Morgan fingerprint density at radius 2 is 2.05 bits per heavy atom. The third-order valence-electron chi connectivity index (χ3n) is 2.91. The van der Waals surface area contributed by atoms with Crippen molar-refractivity contribution < 1.29 is 19.0 Å². The van der Waals surface area contributed by atoms with Crippen molar-refractivity contribution in [1.82, 2.24) is 0 Å². The van der Waals surface area contributed by atoms with Crippen LogP contribution in [0.25, 0.3) is 0 Å². The molecule has 2 rings (SSSR count). The molecular formula is C15H13ClFNO3. The Morgan fingerprint density at radius 1 is 1.33 bits per heavy atom. The molecule has 6 heteroatoms. The van der Waals surface area contributed by atoms with Gasteiger partial charge in [-0.3, -0.25) is 0 Å². The van der Waals surface area contributed by atoms with Gasteiger partial charge in [0, 0.05) is 5.56 Å². The Bertz CT molecular complexity index is 663. The molecule has 0 saturated heterocycles. The van der Waals surface area contributed by atoms with E-state index in [1.54, 1.807) is 24.3 Å². The number of hydrogen-bond donors (Lipinski definition) is 2. The SMILES string of the molecule is COC(=O)C(Nc1ccccc1Cl)c1cc(F)ccc1O. The summed E-state index contributed by atoms with van der Waals surface area (Å²) in [6.45, 7) is 0. The highest BCUT2D eigenvalue weighted by molar-refractivity contribution is 6.33. The Hall–Kier alpha value is -2.27. The molecule has 1 atom stereocenters. The summed E-state index contributed by atoms with van der Waals surface area (Å²) in [5.74, 6) is -1.46. The van der Waals surface area contributed by atoms with Crippen molar-refractivity contribution >= 4 is 23.3 Å². The Balaban J connectivity index is 2.42. The summed E-state index contributed by atoms with van der Waals surface area (Å²) >= 11 is 6.02. The molecule has 0 saturated carbocycles. The fraction of sp³-hybridized carbons (Fsp3) is 0.133. The summed E-state index contributed by atoms with van der Waals surface area (Å²) in [6, 6.07) is 9.04. The standard InChI is InChI=1S/C15H13ClFNO3/c1-21-15(20)14(10-8-9(17)6-7-13(10)19)18-12-5-3-2-4-11(12)16/h2-8,14,18-19H,1H3. The molecule has 0 bridgehead atoms. The van der Waals surface area contributed by atoms with Crippen molar-refractivity contribution in [3.63, 3.8) is 0 Å². The van der Waals surface area contributed by atoms with Gasteiger partial charge in [0.05, 0.1) is 17.8 Å². The highest BCUT2D eigenvalue weighted by atomic mass is 35.5. The van der Waals surface area contributed by atoms with Gasteiger partial charge in [0.2, 0.25) is 0 Å². The summed E-state index contributed by atoms with van der Waals surface area (Å²) in [6.07, 6.45) is 0. The number of ether oxygens (including phenoxy) is 1. The number of halogens is 2. The number of para-hydroxylation sites is 1. The molecule has 0 aliphatic heterocycles. The maximum atomic E-state index is 13.4. The van der Waals surface area contributed by atoms with Crippen molar-refractivity contribution in [2.24, 2.45) is 0 Å². The third kappa shape index (κ3) is 3.44. The molecule has 0 heterocycles. The van der Waals surface area contributed by atoms with E-state index >= 15 is 0 Å². The highest BCUT2D eigenvalue weighted by Gasteiger charge is 2.25. The van der Waals surface area contributed by atoms with E-state index in [0.29, 0.717) is 10.7 Å². The minimum absolute atomic E-state index is 0.0711. The zero-order chi connectivity index (χ0) is 15.4. The molecule has 0 aromatic heterocycles. The van der Waals surface area contributed by atoms with Crippen LogP contribution in [-0.2, 0) is 9.53 Å². The second-order valence-electron chi connectivity index (χ2n) is 4.28. The minimum atomic E-state index is -1.08. The number of methoxy groups -OCH3 is 1. The van der Waals surface area contributed by atoms with Crippen molar-refractivity contribution in [3.8, 4) is 5.75 Å². The van der Waals surface area contributed by atoms with E-state index in [1.807, 2.05) is 0 Å². The van der Waals surface area contributed by atoms with Gasteiger partial charge >= 0.3 is 5.97 Å². The van der Waals surface area contributed by atoms with Crippen LogP contribution in [0, 0.1) is 5.82 Å². The first-order chi connectivity index (χ1) is 10.0. The number of phenols is 1. The first-order valence-electron chi connectivity index (χ1n) is 6.10. The molecule has 2 N–H and O–H groups in total. The molecular weight excluding hydrogens is 297 g/mol. The maximum Gasteiger partial charge on any atom is 0.333 e. The minimum Gasteiger partial charge on any atom is -0.508 e. The van der Waals surface area contributed by atoms with Gasteiger partial charge in [0.15, 0.2) is 6.04 Å². The van der Waals surface area contributed by atoms with E-state index in [9.17, 15) is 14.3 Å². The van der Waals surface area contributed by atoms with Gasteiger partial charge in [-0.15, -0.1) is 0 Å². The van der Waals surface area contributed by atoms with Crippen molar-refractivity contribution in [2.75, 3.05) is 12.4 Å². The molecule has 21 heavy (non-hydrogen) atoms. The number of rotatable bonds is 4. The van der Waals surface area contributed by atoms with Crippen LogP contribution < -0.4 is 5.32 Å². The average Bonchev–Trinajstić information content (AvgIpc) is 2.48. The lowest BCUT2D eigenvalue weighted by Crippen LogP contribution is -2.22. The number of nitrogens with one attached hydrogen (secondary N) is 1. The fourth-order valence-corrected chi connectivity index (χ4v) is 2.06. The van der Waals surface area contributed by atoms with Crippen LogP contribution in [0.4, 0.5) is 10.1 Å². The van der Waals surface area contributed by atoms with E-state index in [1.165, 1.54) is 13.2 Å². The number of anilines is 1. The molecule has 0 aliphatic rings. The number of carbonyl (C=O) groups is 1. The first kappa shape index (κ1) is 15.1. The van der Waals surface area contributed by atoms with Crippen LogP contribution >= 0.6 is 11.6 Å². The lowest BCUT2D eigenvalue weighted by molar-refractivity contribution is -0.141. The topological polar surface area (TPSA) is 58.6 Å². The smallest absolute Gasteiger partial charge is 0.333 e. The van der Waals surface area contributed by atoms with Gasteiger partial charge in [0.25, 0.3) is 0 Å². The fourth-order valence-electron chi connectivity index (χ4n) is 1.87. The predicted molar refractivity (Wildman–Crippen MR) is 77.9 cm³/mol. The summed E-state index contributed by atoms with van der Waals surface area (Å²) in [5, 5.41) is 13.1. The second kappa shape index (κ2) is 6.45. The van der Waals surface area contributed by atoms with Crippen LogP contribution in [0.2, 0.25) is 5.02 Å². The Labute approximate surface area is 126 Å². The van der Waals surface area contributed by atoms with Gasteiger partial charge in [-0.25, -0.2) is 9.18 Å².